The van der Waals surface area contributed by atoms with Crippen molar-refractivity contribution in [3.05, 3.63) is 54.6 Å². The van der Waals surface area contributed by atoms with Crippen LogP contribution in [0.25, 0.3) is 22.2 Å². The molecule has 0 bridgehead atoms. The average molecular weight is 447 g/mol. The topological polar surface area (TPSA) is 40.6 Å². The minimum atomic E-state index is 0.859. The molecule has 4 rings (SSSR count). The lowest BCUT2D eigenvalue weighted by Gasteiger charge is -2.27. The van der Waals surface area contributed by atoms with E-state index in [4.69, 9.17) is 9.72 Å². The summed E-state index contributed by atoms with van der Waals surface area (Å²) in [6.07, 6.45) is 6.56. The highest BCUT2D eigenvalue weighted by atomic mass is 16.5. The van der Waals surface area contributed by atoms with Gasteiger partial charge in [-0.2, -0.15) is 0 Å². The molecule has 176 valence electrons. The average Bonchev–Trinajstić information content (AvgIpc) is 2.87. The molecular formula is C28H38N4O. The molecule has 0 saturated carbocycles. The number of benzene rings is 2. The molecule has 0 radical (unpaired) electrons. The second kappa shape index (κ2) is 12.0. The van der Waals surface area contributed by atoms with Gasteiger partial charge in [-0.05, 0) is 102 Å². The summed E-state index contributed by atoms with van der Waals surface area (Å²) in [5.74, 6) is 0.859. The molecule has 1 aliphatic rings. The quantitative estimate of drug-likeness (QED) is 0.393. The lowest BCUT2D eigenvalue weighted by atomic mass is 10.1. The third kappa shape index (κ3) is 6.68. The van der Waals surface area contributed by atoms with Gasteiger partial charge in [0.2, 0.25) is 0 Å². The van der Waals surface area contributed by atoms with Gasteiger partial charge in [-0.25, -0.2) is 4.98 Å². The number of methoxy groups -OCH3 is 1. The third-order valence-electron chi connectivity index (χ3n) is 6.60. The number of rotatable bonds is 11. The Morgan fingerprint density at radius 2 is 1.73 bits per heavy atom. The van der Waals surface area contributed by atoms with Crippen LogP contribution < -0.4 is 10.1 Å². The Bertz CT molecular complexity index is 998. The zero-order valence-electron chi connectivity index (χ0n) is 20.2. The number of hydrogen-bond acceptors (Lipinski definition) is 5. The van der Waals surface area contributed by atoms with Crippen molar-refractivity contribution in [2.75, 3.05) is 58.7 Å². The normalized spacial score (nSPS) is 14.6. The van der Waals surface area contributed by atoms with E-state index in [1.54, 1.807) is 7.11 Å². The van der Waals surface area contributed by atoms with E-state index in [1.807, 2.05) is 12.1 Å². The molecule has 5 nitrogen and oxygen atoms in total. The van der Waals surface area contributed by atoms with Crippen molar-refractivity contribution in [1.29, 1.82) is 0 Å². The first-order valence-electron chi connectivity index (χ1n) is 12.4. The van der Waals surface area contributed by atoms with Gasteiger partial charge in [-0.1, -0.05) is 24.6 Å². The van der Waals surface area contributed by atoms with E-state index in [-0.39, 0.29) is 0 Å². The summed E-state index contributed by atoms with van der Waals surface area (Å²) in [6.45, 7) is 7.09. The van der Waals surface area contributed by atoms with Gasteiger partial charge >= 0.3 is 0 Å². The van der Waals surface area contributed by atoms with Gasteiger partial charge in [0.25, 0.3) is 0 Å². The molecule has 0 amide bonds. The molecule has 1 fully saturated rings. The van der Waals surface area contributed by atoms with E-state index in [0.29, 0.717) is 0 Å². The van der Waals surface area contributed by atoms with Crippen LogP contribution in [0.2, 0.25) is 0 Å². The van der Waals surface area contributed by atoms with Crippen LogP contribution in [-0.4, -0.2) is 68.2 Å². The summed E-state index contributed by atoms with van der Waals surface area (Å²) < 4.78 is 5.30. The molecule has 0 unspecified atom stereocenters. The maximum absolute atomic E-state index is 5.30. The first-order chi connectivity index (χ1) is 16.2. The molecule has 1 aromatic heterocycles. The summed E-state index contributed by atoms with van der Waals surface area (Å²) in [7, 11) is 3.94. The van der Waals surface area contributed by atoms with E-state index in [1.165, 1.54) is 57.2 Å². The predicted octanol–water partition coefficient (Wildman–Crippen LogP) is 5.52. The number of hydrogen-bond donors (Lipinski definition) is 1. The number of fused-ring (bicyclic) bond motifs is 1. The molecule has 1 N–H and O–H groups in total. The first-order valence-corrected chi connectivity index (χ1v) is 12.4. The lowest BCUT2D eigenvalue weighted by molar-refractivity contribution is 0.212. The van der Waals surface area contributed by atoms with Crippen LogP contribution in [0.3, 0.4) is 0 Å². The number of nitrogens with zero attached hydrogens (tertiary/aromatic N) is 3. The highest BCUT2D eigenvalue weighted by molar-refractivity contribution is 5.93. The van der Waals surface area contributed by atoms with Crippen LogP contribution in [0.1, 0.15) is 32.1 Å². The van der Waals surface area contributed by atoms with Crippen molar-refractivity contribution >= 4 is 16.6 Å². The van der Waals surface area contributed by atoms with E-state index in [9.17, 15) is 0 Å². The highest BCUT2D eigenvalue weighted by Crippen LogP contribution is 2.29. The number of para-hydroxylation sites is 1. The Balaban J connectivity index is 1.31. The zero-order chi connectivity index (χ0) is 22.9. The predicted molar refractivity (Wildman–Crippen MR) is 139 cm³/mol. The van der Waals surface area contributed by atoms with Crippen molar-refractivity contribution in [1.82, 2.24) is 14.8 Å². The molecule has 5 heteroatoms. The molecular weight excluding hydrogens is 408 g/mol. The van der Waals surface area contributed by atoms with Gasteiger partial charge < -0.3 is 19.9 Å². The first kappa shape index (κ1) is 23.5. The molecule has 0 spiro atoms. The Kier molecular flexibility index (Phi) is 8.56. The van der Waals surface area contributed by atoms with Crippen LogP contribution in [-0.2, 0) is 0 Å². The number of pyridine rings is 1. The summed E-state index contributed by atoms with van der Waals surface area (Å²) in [6, 6.07) is 18.7. The Labute approximate surface area is 198 Å². The monoisotopic (exact) mass is 446 g/mol. The van der Waals surface area contributed by atoms with Gasteiger partial charge in [0.05, 0.1) is 18.3 Å². The number of likely N-dealkylation sites (tertiary alicyclic amines) is 1. The smallest absolute Gasteiger partial charge is 0.118 e. The summed E-state index contributed by atoms with van der Waals surface area (Å²) in [4.78, 5) is 10.0. The van der Waals surface area contributed by atoms with E-state index in [2.05, 4.69) is 64.6 Å². The summed E-state index contributed by atoms with van der Waals surface area (Å²) in [5, 5.41) is 4.85. The molecule has 1 saturated heterocycles. The number of nitrogens with one attached hydrogen (secondary N) is 1. The molecule has 0 atom stereocenters. The molecule has 2 heterocycles. The van der Waals surface area contributed by atoms with Crippen molar-refractivity contribution in [3.8, 4) is 17.0 Å². The SMILES string of the molecule is COc1ccc(-c2cc(NCCCN(C)CCCN3CCCCC3)c3ccccc3n2)cc1. The van der Waals surface area contributed by atoms with Crippen molar-refractivity contribution in [3.63, 3.8) is 0 Å². The van der Waals surface area contributed by atoms with Crippen LogP contribution in [0.15, 0.2) is 54.6 Å². The minimum Gasteiger partial charge on any atom is -0.497 e. The molecule has 2 aromatic carbocycles. The number of anilines is 1. The van der Waals surface area contributed by atoms with Gasteiger partial charge in [-0.15, -0.1) is 0 Å². The lowest BCUT2D eigenvalue weighted by Crippen LogP contribution is -2.33. The molecule has 1 aliphatic heterocycles. The van der Waals surface area contributed by atoms with Crippen molar-refractivity contribution in [2.24, 2.45) is 0 Å². The number of aromatic nitrogens is 1. The minimum absolute atomic E-state index is 0.859. The van der Waals surface area contributed by atoms with Gasteiger partial charge in [0, 0.05) is 23.2 Å². The highest BCUT2D eigenvalue weighted by Gasteiger charge is 2.10. The van der Waals surface area contributed by atoms with Crippen LogP contribution in [0.4, 0.5) is 5.69 Å². The van der Waals surface area contributed by atoms with Crippen molar-refractivity contribution in [2.45, 2.75) is 32.1 Å². The summed E-state index contributed by atoms with van der Waals surface area (Å²) >= 11 is 0. The zero-order valence-corrected chi connectivity index (χ0v) is 20.2. The van der Waals surface area contributed by atoms with Gasteiger partial charge in [0.15, 0.2) is 0 Å². The standard InChI is InChI=1S/C28H38N4O/c1-31(18-9-21-32-19-6-3-7-20-32)17-8-16-29-28-22-27(23-12-14-24(33-2)15-13-23)30-26-11-5-4-10-25(26)28/h4-5,10-15,22H,3,6-9,16-21H2,1-2H3,(H,29,30). The van der Waals surface area contributed by atoms with Gasteiger partial charge in [0.1, 0.15) is 5.75 Å². The third-order valence-corrected chi connectivity index (χ3v) is 6.60. The molecule has 0 aliphatic carbocycles. The molecule has 3 aromatic rings. The van der Waals surface area contributed by atoms with Crippen LogP contribution >= 0.6 is 0 Å². The second-order valence-electron chi connectivity index (χ2n) is 9.14. The number of ether oxygens (including phenoxy) is 1. The van der Waals surface area contributed by atoms with Crippen molar-refractivity contribution < 1.29 is 4.74 Å². The Hall–Kier alpha value is -2.63. The Morgan fingerprint density at radius 1 is 0.970 bits per heavy atom. The van der Waals surface area contributed by atoms with Crippen LogP contribution in [0.5, 0.6) is 5.75 Å². The maximum Gasteiger partial charge on any atom is 0.118 e. The molecule has 33 heavy (non-hydrogen) atoms. The fourth-order valence-corrected chi connectivity index (χ4v) is 4.66. The van der Waals surface area contributed by atoms with E-state index in [0.717, 1.165) is 47.7 Å². The maximum atomic E-state index is 5.30. The fraction of sp³-hybridized carbons (Fsp3) is 0.464. The number of piperidine rings is 1. The van der Waals surface area contributed by atoms with Gasteiger partial charge in [-0.3, -0.25) is 0 Å². The van der Waals surface area contributed by atoms with E-state index < -0.39 is 0 Å². The fourth-order valence-electron chi connectivity index (χ4n) is 4.66. The van der Waals surface area contributed by atoms with E-state index >= 15 is 0 Å². The largest absolute Gasteiger partial charge is 0.497 e. The van der Waals surface area contributed by atoms with Crippen LogP contribution in [0, 0.1) is 0 Å². The second-order valence-corrected chi connectivity index (χ2v) is 9.14. The Morgan fingerprint density at radius 3 is 2.52 bits per heavy atom. The summed E-state index contributed by atoms with van der Waals surface area (Å²) in [5.41, 5.74) is 4.24.